The second-order valence-electron chi connectivity index (χ2n) is 7.34. The van der Waals surface area contributed by atoms with Crippen molar-refractivity contribution in [1.82, 2.24) is 4.90 Å². The first-order valence-corrected chi connectivity index (χ1v) is 9.38. The highest BCUT2D eigenvalue weighted by molar-refractivity contribution is 5.50. The van der Waals surface area contributed by atoms with E-state index in [1.54, 1.807) is 12.1 Å². The number of piperidine rings is 1. The number of hydrogen-bond acceptors (Lipinski definition) is 3. The van der Waals surface area contributed by atoms with E-state index in [0.29, 0.717) is 12.1 Å². The van der Waals surface area contributed by atoms with Crippen molar-refractivity contribution in [2.75, 3.05) is 18.0 Å². The molecule has 2 heterocycles. The van der Waals surface area contributed by atoms with Crippen LogP contribution in [0.4, 0.5) is 18.9 Å². The summed E-state index contributed by atoms with van der Waals surface area (Å²) in [6, 6.07) is 17.7. The van der Waals surface area contributed by atoms with Crippen LogP contribution in [0.3, 0.4) is 0 Å². The van der Waals surface area contributed by atoms with Gasteiger partial charge in [0, 0.05) is 37.4 Å². The second kappa shape index (κ2) is 7.43. The molecule has 2 saturated heterocycles. The van der Waals surface area contributed by atoms with Crippen LogP contribution in [-0.4, -0.2) is 36.4 Å². The SMILES string of the molecule is FC(F)(F)Oc1ccc(N2CC3CCCC(C2)N3Cc2ccccc2)cc1. The minimum atomic E-state index is -4.65. The Morgan fingerprint density at radius 1 is 0.889 bits per heavy atom. The molecule has 2 atom stereocenters. The summed E-state index contributed by atoms with van der Waals surface area (Å²) in [5.74, 6) is -0.172. The molecule has 2 aliphatic rings. The fraction of sp³-hybridized carbons (Fsp3) is 0.429. The van der Waals surface area contributed by atoms with Gasteiger partial charge in [-0.3, -0.25) is 4.90 Å². The number of fused-ring (bicyclic) bond motifs is 2. The molecule has 4 rings (SSSR count). The van der Waals surface area contributed by atoms with E-state index in [1.165, 1.54) is 24.1 Å². The molecule has 6 heteroatoms. The molecule has 3 nitrogen and oxygen atoms in total. The molecule has 0 aliphatic carbocycles. The van der Waals surface area contributed by atoms with Crippen LogP contribution in [0, 0.1) is 0 Å². The van der Waals surface area contributed by atoms with Crippen molar-refractivity contribution < 1.29 is 17.9 Å². The Morgan fingerprint density at radius 3 is 2.11 bits per heavy atom. The Labute approximate surface area is 157 Å². The molecule has 2 bridgehead atoms. The summed E-state index contributed by atoms with van der Waals surface area (Å²) in [5, 5.41) is 0. The lowest BCUT2D eigenvalue weighted by atomic mass is 9.90. The van der Waals surface area contributed by atoms with Gasteiger partial charge in [-0.15, -0.1) is 13.2 Å². The number of anilines is 1. The Balaban J connectivity index is 1.45. The third-order valence-electron chi connectivity index (χ3n) is 5.52. The van der Waals surface area contributed by atoms with Gasteiger partial charge in [-0.25, -0.2) is 0 Å². The predicted molar refractivity (Wildman–Crippen MR) is 98.8 cm³/mol. The van der Waals surface area contributed by atoms with E-state index < -0.39 is 6.36 Å². The van der Waals surface area contributed by atoms with E-state index in [-0.39, 0.29) is 5.75 Å². The molecular formula is C21H23F3N2O. The van der Waals surface area contributed by atoms with Crippen LogP contribution in [-0.2, 0) is 6.54 Å². The monoisotopic (exact) mass is 376 g/mol. The molecule has 0 aromatic heterocycles. The summed E-state index contributed by atoms with van der Waals surface area (Å²) in [6.07, 6.45) is -1.08. The maximum absolute atomic E-state index is 12.3. The molecule has 0 radical (unpaired) electrons. The molecule has 0 amide bonds. The Bertz CT molecular complexity index is 734. The van der Waals surface area contributed by atoms with Crippen molar-refractivity contribution in [1.29, 1.82) is 0 Å². The van der Waals surface area contributed by atoms with Crippen molar-refractivity contribution in [2.45, 2.75) is 44.3 Å². The smallest absolute Gasteiger partial charge is 0.406 e. The van der Waals surface area contributed by atoms with E-state index in [2.05, 4.69) is 38.8 Å². The van der Waals surface area contributed by atoms with Crippen molar-refractivity contribution >= 4 is 5.69 Å². The molecule has 27 heavy (non-hydrogen) atoms. The number of halogens is 3. The van der Waals surface area contributed by atoms with Crippen LogP contribution in [0.5, 0.6) is 5.75 Å². The highest BCUT2D eigenvalue weighted by atomic mass is 19.4. The third kappa shape index (κ3) is 4.38. The number of nitrogens with zero attached hydrogens (tertiary/aromatic N) is 2. The minimum Gasteiger partial charge on any atom is -0.406 e. The summed E-state index contributed by atoms with van der Waals surface area (Å²) in [6.45, 7) is 2.77. The van der Waals surface area contributed by atoms with Gasteiger partial charge in [-0.2, -0.15) is 0 Å². The van der Waals surface area contributed by atoms with Gasteiger partial charge in [0.05, 0.1) is 0 Å². The molecule has 0 saturated carbocycles. The zero-order chi connectivity index (χ0) is 18.9. The molecular weight excluding hydrogens is 353 g/mol. The summed E-state index contributed by atoms with van der Waals surface area (Å²) in [4.78, 5) is 4.91. The summed E-state index contributed by atoms with van der Waals surface area (Å²) in [5.41, 5.74) is 2.29. The van der Waals surface area contributed by atoms with Gasteiger partial charge in [0.2, 0.25) is 0 Å². The Morgan fingerprint density at radius 2 is 1.52 bits per heavy atom. The second-order valence-corrected chi connectivity index (χ2v) is 7.34. The van der Waals surface area contributed by atoms with Gasteiger partial charge in [0.1, 0.15) is 5.75 Å². The van der Waals surface area contributed by atoms with Gasteiger partial charge in [0.25, 0.3) is 0 Å². The van der Waals surface area contributed by atoms with E-state index in [9.17, 15) is 13.2 Å². The number of benzene rings is 2. The molecule has 2 fully saturated rings. The molecule has 0 spiro atoms. The van der Waals surface area contributed by atoms with E-state index in [4.69, 9.17) is 0 Å². The number of alkyl halides is 3. The highest BCUT2D eigenvalue weighted by Crippen LogP contribution is 2.33. The summed E-state index contributed by atoms with van der Waals surface area (Å²) in [7, 11) is 0. The maximum atomic E-state index is 12.3. The molecule has 2 aromatic carbocycles. The minimum absolute atomic E-state index is 0.172. The lowest BCUT2D eigenvalue weighted by Crippen LogP contribution is -2.60. The number of ether oxygens (including phenoxy) is 1. The van der Waals surface area contributed by atoms with Crippen LogP contribution >= 0.6 is 0 Å². The average molecular weight is 376 g/mol. The zero-order valence-electron chi connectivity index (χ0n) is 15.0. The third-order valence-corrected chi connectivity index (χ3v) is 5.52. The van der Waals surface area contributed by atoms with Crippen molar-refractivity contribution in [2.24, 2.45) is 0 Å². The predicted octanol–water partition coefficient (Wildman–Crippen LogP) is 4.83. The van der Waals surface area contributed by atoms with Crippen molar-refractivity contribution in [3.8, 4) is 5.75 Å². The fourth-order valence-corrected chi connectivity index (χ4v) is 4.32. The fourth-order valence-electron chi connectivity index (χ4n) is 4.32. The van der Waals surface area contributed by atoms with Crippen LogP contribution < -0.4 is 9.64 Å². The maximum Gasteiger partial charge on any atom is 0.573 e. The van der Waals surface area contributed by atoms with Crippen LogP contribution in [0.25, 0.3) is 0 Å². The molecule has 0 N–H and O–H groups in total. The van der Waals surface area contributed by atoms with Gasteiger partial charge in [0.15, 0.2) is 0 Å². The highest BCUT2D eigenvalue weighted by Gasteiger charge is 2.37. The van der Waals surface area contributed by atoms with Crippen molar-refractivity contribution in [3.05, 3.63) is 60.2 Å². The molecule has 2 aromatic rings. The first kappa shape index (κ1) is 18.2. The van der Waals surface area contributed by atoms with Crippen LogP contribution in [0.1, 0.15) is 24.8 Å². The molecule has 144 valence electrons. The lowest BCUT2D eigenvalue weighted by Gasteiger charge is -2.51. The molecule has 2 unspecified atom stereocenters. The van der Waals surface area contributed by atoms with E-state index >= 15 is 0 Å². The topological polar surface area (TPSA) is 15.7 Å². The summed E-state index contributed by atoms with van der Waals surface area (Å²) >= 11 is 0. The van der Waals surface area contributed by atoms with Crippen LogP contribution in [0.2, 0.25) is 0 Å². The number of rotatable bonds is 4. The van der Waals surface area contributed by atoms with E-state index in [1.807, 2.05) is 6.07 Å². The van der Waals surface area contributed by atoms with Gasteiger partial charge >= 0.3 is 6.36 Å². The number of piperazine rings is 1. The number of hydrogen-bond donors (Lipinski definition) is 0. The normalized spacial score (nSPS) is 23.3. The Kier molecular flexibility index (Phi) is 5.00. The summed E-state index contributed by atoms with van der Waals surface area (Å²) < 4.78 is 41.0. The average Bonchev–Trinajstić information content (AvgIpc) is 2.62. The zero-order valence-corrected chi connectivity index (χ0v) is 15.0. The van der Waals surface area contributed by atoms with Crippen molar-refractivity contribution in [3.63, 3.8) is 0 Å². The first-order valence-electron chi connectivity index (χ1n) is 9.38. The largest absolute Gasteiger partial charge is 0.573 e. The lowest BCUT2D eigenvalue weighted by molar-refractivity contribution is -0.274. The standard InChI is InChI=1S/C21H23F3N2O/c22-21(23,24)27-20-11-9-17(10-12-20)25-14-18-7-4-8-19(15-25)26(18)13-16-5-2-1-3-6-16/h1-3,5-6,9-12,18-19H,4,7-8,13-15H2. The van der Waals surface area contributed by atoms with Crippen LogP contribution in [0.15, 0.2) is 54.6 Å². The Hall–Kier alpha value is -2.21. The first-order chi connectivity index (χ1) is 13.0. The van der Waals surface area contributed by atoms with E-state index in [0.717, 1.165) is 38.2 Å². The van der Waals surface area contributed by atoms with Gasteiger partial charge in [-0.1, -0.05) is 36.8 Å². The molecule has 2 aliphatic heterocycles. The quantitative estimate of drug-likeness (QED) is 0.760. The van der Waals surface area contributed by atoms with Gasteiger partial charge in [-0.05, 0) is 42.7 Å². The van der Waals surface area contributed by atoms with Gasteiger partial charge < -0.3 is 9.64 Å².